The van der Waals surface area contributed by atoms with Gasteiger partial charge >= 0.3 is 0 Å². The van der Waals surface area contributed by atoms with Gasteiger partial charge in [-0.3, -0.25) is 19.3 Å². The topological polar surface area (TPSA) is 120 Å². The SMILES string of the molecule is C[C@@H](N=O)C(=O)N[C@H](C)C(=O)NCCc1ccc(NC(=O)CN(Cc2ccccc2)Cc2ccccc2)cc1. The van der Waals surface area contributed by atoms with E-state index in [2.05, 4.69) is 50.3 Å². The number of rotatable bonds is 14. The van der Waals surface area contributed by atoms with Gasteiger partial charge in [-0.05, 0) is 49.1 Å². The molecule has 0 aliphatic carbocycles. The van der Waals surface area contributed by atoms with E-state index in [0.29, 0.717) is 31.7 Å². The van der Waals surface area contributed by atoms with Crippen LogP contribution in [0.3, 0.4) is 0 Å². The Kier molecular flexibility index (Phi) is 11.3. The average Bonchev–Trinajstić information content (AvgIpc) is 2.94. The van der Waals surface area contributed by atoms with Crippen LogP contribution >= 0.6 is 0 Å². The maximum Gasteiger partial charge on any atom is 0.248 e. The number of nitrogens with one attached hydrogen (secondary N) is 3. The van der Waals surface area contributed by atoms with Crippen LogP contribution in [-0.4, -0.2) is 47.8 Å². The van der Waals surface area contributed by atoms with E-state index in [9.17, 15) is 19.3 Å². The number of nitroso groups, excluding NO2 is 1. The second kappa shape index (κ2) is 15.1. The van der Waals surface area contributed by atoms with Crippen molar-refractivity contribution in [1.82, 2.24) is 15.5 Å². The number of carbonyl (C=O) groups excluding carboxylic acids is 3. The van der Waals surface area contributed by atoms with Crippen LogP contribution in [0.2, 0.25) is 0 Å². The van der Waals surface area contributed by atoms with Crippen molar-refractivity contribution in [3.63, 3.8) is 0 Å². The van der Waals surface area contributed by atoms with Crippen molar-refractivity contribution in [3.05, 3.63) is 107 Å². The lowest BCUT2D eigenvalue weighted by atomic mass is 10.1. The molecule has 0 spiro atoms. The van der Waals surface area contributed by atoms with E-state index < -0.39 is 18.0 Å². The molecule has 0 aliphatic rings. The minimum atomic E-state index is -1.05. The van der Waals surface area contributed by atoms with Gasteiger partial charge in [0.1, 0.15) is 6.04 Å². The van der Waals surface area contributed by atoms with E-state index in [-0.39, 0.29) is 18.4 Å². The van der Waals surface area contributed by atoms with Crippen LogP contribution < -0.4 is 16.0 Å². The molecule has 9 heteroatoms. The summed E-state index contributed by atoms with van der Waals surface area (Å²) in [5.41, 5.74) is 3.96. The van der Waals surface area contributed by atoms with Crippen molar-refractivity contribution in [3.8, 4) is 0 Å². The first-order valence-corrected chi connectivity index (χ1v) is 12.9. The van der Waals surface area contributed by atoms with Crippen LogP contribution in [0.25, 0.3) is 0 Å². The molecule has 0 aliphatic heterocycles. The summed E-state index contributed by atoms with van der Waals surface area (Å²) in [7, 11) is 0. The first-order chi connectivity index (χ1) is 18.8. The molecule has 3 aromatic rings. The predicted molar refractivity (Wildman–Crippen MR) is 152 cm³/mol. The molecular weight excluding hydrogens is 494 g/mol. The summed E-state index contributed by atoms with van der Waals surface area (Å²) < 4.78 is 0. The molecule has 0 heterocycles. The Morgan fingerprint density at radius 2 is 1.33 bits per heavy atom. The van der Waals surface area contributed by atoms with Gasteiger partial charge < -0.3 is 16.0 Å². The summed E-state index contributed by atoms with van der Waals surface area (Å²) in [5, 5.41) is 10.8. The van der Waals surface area contributed by atoms with Crippen molar-refractivity contribution in [1.29, 1.82) is 0 Å². The second-order valence-corrected chi connectivity index (χ2v) is 9.41. The molecule has 204 valence electrons. The van der Waals surface area contributed by atoms with Crippen molar-refractivity contribution < 1.29 is 14.4 Å². The summed E-state index contributed by atoms with van der Waals surface area (Å²) in [5.74, 6) is -1.04. The maximum atomic E-state index is 12.9. The van der Waals surface area contributed by atoms with E-state index in [4.69, 9.17) is 0 Å². The van der Waals surface area contributed by atoms with E-state index >= 15 is 0 Å². The molecule has 2 atom stereocenters. The highest BCUT2D eigenvalue weighted by Crippen LogP contribution is 2.13. The number of carbonyl (C=O) groups is 3. The van der Waals surface area contributed by atoms with Crippen LogP contribution in [-0.2, 0) is 33.9 Å². The largest absolute Gasteiger partial charge is 0.354 e. The number of anilines is 1. The molecule has 3 rings (SSSR count). The first-order valence-electron chi connectivity index (χ1n) is 12.9. The lowest BCUT2D eigenvalue weighted by Gasteiger charge is -2.22. The molecule has 9 nitrogen and oxygen atoms in total. The molecule has 0 aromatic heterocycles. The molecule has 3 N–H and O–H groups in total. The number of hydrogen-bond donors (Lipinski definition) is 3. The Bertz CT molecular complexity index is 1180. The zero-order valence-corrected chi connectivity index (χ0v) is 22.3. The van der Waals surface area contributed by atoms with Crippen molar-refractivity contribution in [2.45, 2.75) is 45.4 Å². The third kappa shape index (κ3) is 10.1. The Morgan fingerprint density at radius 3 is 1.87 bits per heavy atom. The van der Waals surface area contributed by atoms with Crippen LogP contribution in [0.4, 0.5) is 5.69 Å². The van der Waals surface area contributed by atoms with Gasteiger partial charge in [0.05, 0.1) is 6.54 Å². The molecule has 0 radical (unpaired) electrons. The van der Waals surface area contributed by atoms with Gasteiger partial charge in [0, 0.05) is 25.3 Å². The van der Waals surface area contributed by atoms with Crippen LogP contribution in [0.1, 0.15) is 30.5 Å². The number of benzene rings is 3. The highest BCUT2D eigenvalue weighted by Gasteiger charge is 2.19. The zero-order valence-electron chi connectivity index (χ0n) is 22.3. The third-order valence-corrected chi connectivity index (χ3v) is 6.11. The quantitative estimate of drug-likeness (QED) is 0.276. The predicted octanol–water partition coefficient (Wildman–Crippen LogP) is 3.65. The normalized spacial score (nSPS) is 12.3. The zero-order chi connectivity index (χ0) is 28.0. The van der Waals surface area contributed by atoms with Crippen LogP contribution in [0, 0.1) is 4.91 Å². The van der Waals surface area contributed by atoms with Crippen LogP contribution in [0.5, 0.6) is 0 Å². The molecule has 3 aromatic carbocycles. The molecule has 3 amide bonds. The van der Waals surface area contributed by atoms with E-state index in [1.807, 2.05) is 60.7 Å². The summed E-state index contributed by atoms with van der Waals surface area (Å²) in [4.78, 5) is 49.3. The lowest BCUT2D eigenvalue weighted by molar-refractivity contribution is -0.129. The second-order valence-electron chi connectivity index (χ2n) is 9.41. The molecule has 0 saturated heterocycles. The van der Waals surface area contributed by atoms with Crippen molar-refractivity contribution in [2.75, 3.05) is 18.4 Å². The van der Waals surface area contributed by atoms with E-state index in [1.165, 1.54) is 6.92 Å². The molecule has 0 saturated carbocycles. The highest BCUT2D eigenvalue weighted by atomic mass is 16.3. The monoisotopic (exact) mass is 529 g/mol. The summed E-state index contributed by atoms with van der Waals surface area (Å²) in [6.45, 7) is 4.84. The Morgan fingerprint density at radius 1 is 0.769 bits per heavy atom. The standard InChI is InChI=1S/C30H35N5O4/c1-22(32-30(38)23(2)34-39)29(37)31-18-17-24-13-15-27(16-14-24)33-28(36)21-35(19-25-9-5-3-6-10-25)20-26-11-7-4-8-12-26/h3-16,22-23H,17-21H2,1-2H3,(H,31,37)(H,32,38)(H,33,36)/t22-,23-/m1/s1. The molecule has 0 unspecified atom stereocenters. The first kappa shape index (κ1) is 29.2. The minimum Gasteiger partial charge on any atom is -0.354 e. The summed E-state index contributed by atoms with van der Waals surface area (Å²) in [6, 6.07) is 25.8. The fourth-order valence-electron chi connectivity index (χ4n) is 3.94. The highest BCUT2D eigenvalue weighted by molar-refractivity contribution is 5.92. The van der Waals surface area contributed by atoms with Crippen LogP contribution in [0.15, 0.2) is 90.1 Å². The Labute approximate surface area is 229 Å². The Hall–Kier alpha value is -4.37. The van der Waals surface area contributed by atoms with Crippen molar-refractivity contribution >= 4 is 23.4 Å². The van der Waals surface area contributed by atoms with E-state index in [1.54, 1.807) is 6.92 Å². The van der Waals surface area contributed by atoms with Gasteiger partial charge in [-0.25, -0.2) is 0 Å². The smallest absolute Gasteiger partial charge is 0.248 e. The van der Waals surface area contributed by atoms with Gasteiger partial charge in [-0.15, -0.1) is 4.91 Å². The molecule has 39 heavy (non-hydrogen) atoms. The van der Waals surface area contributed by atoms with Gasteiger partial charge in [0.25, 0.3) is 0 Å². The fraction of sp³-hybridized carbons (Fsp3) is 0.300. The number of hydrogen-bond acceptors (Lipinski definition) is 6. The Balaban J connectivity index is 1.48. The van der Waals surface area contributed by atoms with Gasteiger partial charge in [-0.1, -0.05) is 78.0 Å². The van der Waals surface area contributed by atoms with E-state index in [0.717, 1.165) is 16.7 Å². The van der Waals surface area contributed by atoms with Gasteiger partial charge in [-0.2, -0.15) is 0 Å². The van der Waals surface area contributed by atoms with Gasteiger partial charge in [0.2, 0.25) is 17.7 Å². The summed E-state index contributed by atoms with van der Waals surface area (Å²) in [6.07, 6.45) is 0.578. The third-order valence-electron chi connectivity index (χ3n) is 6.11. The average molecular weight is 530 g/mol. The number of nitrogens with zero attached hydrogens (tertiary/aromatic N) is 2. The minimum absolute atomic E-state index is 0.1000. The fourth-order valence-corrected chi connectivity index (χ4v) is 3.94. The van der Waals surface area contributed by atoms with Crippen molar-refractivity contribution in [2.24, 2.45) is 5.18 Å². The molecular formula is C30H35N5O4. The van der Waals surface area contributed by atoms with Gasteiger partial charge in [0.15, 0.2) is 6.04 Å². The summed E-state index contributed by atoms with van der Waals surface area (Å²) >= 11 is 0. The number of amides is 3. The maximum absolute atomic E-state index is 12.9. The molecule has 0 fully saturated rings. The molecule has 0 bridgehead atoms. The lowest BCUT2D eigenvalue weighted by Crippen LogP contribution is -2.47.